The largest absolute Gasteiger partial charge is 0.342 e. The first kappa shape index (κ1) is 14.6. The zero-order valence-electron chi connectivity index (χ0n) is 11.8. The fraction of sp³-hybridized carbons (Fsp3) is 0.471. The smallest absolute Gasteiger partial charge is 0.236 e. The van der Waals surface area contributed by atoms with E-state index in [1.165, 1.54) is 5.56 Å². The monoisotopic (exact) mass is 270 g/mol. The number of carbonyl (C=O) groups is 1. The third-order valence-corrected chi connectivity index (χ3v) is 3.84. The highest BCUT2D eigenvalue weighted by atomic mass is 16.2. The first-order valence-corrected chi connectivity index (χ1v) is 7.25. The van der Waals surface area contributed by atoms with Crippen LogP contribution >= 0.6 is 0 Å². The molecule has 1 amide bonds. The third-order valence-electron chi connectivity index (χ3n) is 3.84. The van der Waals surface area contributed by atoms with Gasteiger partial charge in [0.15, 0.2) is 0 Å². The molecule has 0 radical (unpaired) electrons. The number of amides is 1. The van der Waals surface area contributed by atoms with Gasteiger partial charge in [0.1, 0.15) is 0 Å². The molecular weight excluding hydrogens is 248 g/mol. The minimum atomic E-state index is 0.165. The van der Waals surface area contributed by atoms with Crippen LogP contribution in [0.1, 0.15) is 18.4 Å². The summed E-state index contributed by atoms with van der Waals surface area (Å²) in [6.45, 7) is 2.55. The van der Waals surface area contributed by atoms with Crippen molar-refractivity contribution in [3.8, 4) is 12.3 Å². The molecule has 0 unspecified atom stereocenters. The molecule has 1 aromatic carbocycles. The summed E-state index contributed by atoms with van der Waals surface area (Å²) in [5.41, 5.74) is 1.40. The summed E-state index contributed by atoms with van der Waals surface area (Å²) in [4.78, 5) is 13.9. The molecule has 0 bridgehead atoms. The van der Waals surface area contributed by atoms with Crippen LogP contribution in [0.4, 0.5) is 0 Å². The van der Waals surface area contributed by atoms with Gasteiger partial charge in [-0.05, 0) is 30.7 Å². The number of nitrogens with zero attached hydrogens (tertiary/aromatic N) is 1. The minimum Gasteiger partial charge on any atom is -0.342 e. The molecule has 0 atom stereocenters. The maximum Gasteiger partial charge on any atom is 0.236 e. The summed E-state index contributed by atoms with van der Waals surface area (Å²) in [6, 6.07) is 10.6. The Kier molecular flexibility index (Phi) is 5.64. The van der Waals surface area contributed by atoms with Gasteiger partial charge >= 0.3 is 0 Å². The van der Waals surface area contributed by atoms with Gasteiger partial charge in [-0.2, -0.15) is 0 Å². The van der Waals surface area contributed by atoms with Crippen LogP contribution < -0.4 is 5.32 Å². The van der Waals surface area contributed by atoms with E-state index in [2.05, 4.69) is 35.5 Å². The van der Waals surface area contributed by atoms with Crippen molar-refractivity contribution in [1.82, 2.24) is 10.2 Å². The van der Waals surface area contributed by atoms with Crippen LogP contribution in [0.25, 0.3) is 0 Å². The van der Waals surface area contributed by atoms with Crippen LogP contribution in [-0.4, -0.2) is 37.0 Å². The molecule has 20 heavy (non-hydrogen) atoms. The summed E-state index contributed by atoms with van der Waals surface area (Å²) >= 11 is 0. The number of rotatable bonds is 5. The van der Waals surface area contributed by atoms with Gasteiger partial charge in [-0.15, -0.1) is 6.42 Å². The van der Waals surface area contributed by atoms with E-state index in [1.807, 2.05) is 11.0 Å². The van der Waals surface area contributed by atoms with Crippen LogP contribution in [0.3, 0.4) is 0 Å². The highest BCUT2D eigenvalue weighted by Gasteiger charge is 2.22. The van der Waals surface area contributed by atoms with Crippen LogP contribution in [0.2, 0.25) is 0 Å². The van der Waals surface area contributed by atoms with Crippen molar-refractivity contribution < 1.29 is 4.79 Å². The predicted octanol–water partition coefficient (Wildman–Crippen LogP) is 1.69. The summed E-state index contributed by atoms with van der Waals surface area (Å²) in [6.07, 6.45) is 8.46. The summed E-state index contributed by atoms with van der Waals surface area (Å²) in [7, 11) is 0. The molecule has 3 heteroatoms. The van der Waals surface area contributed by atoms with Gasteiger partial charge in [-0.25, -0.2) is 0 Å². The number of carbonyl (C=O) groups excluding carboxylic acids is 1. The zero-order chi connectivity index (χ0) is 14.2. The fourth-order valence-electron chi connectivity index (χ4n) is 2.69. The van der Waals surface area contributed by atoms with Gasteiger partial charge < -0.3 is 4.90 Å². The summed E-state index contributed by atoms with van der Waals surface area (Å²) < 4.78 is 0. The van der Waals surface area contributed by atoms with Crippen molar-refractivity contribution in [2.45, 2.75) is 19.3 Å². The van der Waals surface area contributed by atoms with E-state index in [0.29, 0.717) is 19.0 Å². The van der Waals surface area contributed by atoms with Crippen molar-refractivity contribution in [1.29, 1.82) is 0 Å². The van der Waals surface area contributed by atoms with Crippen molar-refractivity contribution in [3.63, 3.8) is 0 Å². The van der Waals surface area contributed by atoms with E-state index in [0.717, 1.165) is 32.4 Å². The number of benzene rings is 1. The molecule has 1 saturated heterocycles. The number of piperidine rings is 1. The maximum absolute atomic E-state index is 11.9. The standard InChI is InChI=1S/C17H22N2O/c1-2-10-18-14-17(20)19-11-8-16(9-12-19)13-15-6-4-3-5-7-15/h1,3-7,16,18H,8-14H2. The predicted molar refractivity (Wildman–Crippen MR) is 81.2 cm³/mol. The Morgan fingerprint density at radius 3 is 2.65 bits per heavy atom. The van der Waals surface area contributed by atoms with Crippen LogP contribution in [0.5, 0.6) is 0 Å². The van der Waals surface area contributed by atoms with Gasteiger partial charge in [-0.1, -0.05) is 36.3 Å². The Bertz CT molecular complexity index is 456. The number of hydrogen-bond acceptors (Lipinski definition) is 2. The van der Waals surface area contributed by atoms with Crippen LogP contribution in [0, 0.1) is 18.3 Å². The highest BCUT2D eigenvalue weighted by Crippen LogP contribution is 2.21. The van der Waals surface area contributed by atoms with E-state index in [4.69, 9.17) is 6.42 Å². The lowest BCUT2D eigenvalue weighted by Crippen LogP contribution is -2.43. The average molecular weight is 270 g/mol. The molecule has 0 saturated carbocycles. The average Bonchev–Trinajstić information content (AvgIpc) is 2.49. The number of terminal acetylenes is 1. The van der Waals surface area contributed by atoms with Crippen molar-refractivity contribution in [2.75, 3.05) is 26.2 Å². The number of nitrogens with one attached hydrogen (secondary N) is 1. The van der Waals surface area contributed by atoms with Gasteiger partial charge in [0.25, 0.3) is 0 Å². The molecule has 106 valence electrons. The SMILES string of the molecule is C#CCNCC(=O)N1CCC(Cc2ccccc2)CC1. The Balaban J connectivity index is 1.72. The second-order valence-electron chi connectivity index (χ2n) is 5.32. The van der Waals surface area contributed by atoms with Crippen molar-refractivity contribution in [3.05, 3.63) is 35.9 Å². The molecule has 0 aromatic heterocycles. The van der Waals surface area contributed by atoms with E-state index >= 15 is 0 Å². The minimum absolute atomic E-state index is 0.165. The fourth-order valence-corrected chi connectivity index (χ4v) is 2.69. The third kappa shape index (κ3) is 4.40. The molecule has 1 fully saturated rings. The van der Waals surface area contributed by atoms with Crippen LogP contribution in [-0.2, 0) is 11.2 Å². The number of likely N-dealkylation sites (tertiary alicyclic amines) is 1. The molecule has 0 aliphatic carbocycles. The van der Waals surface area contributed by atoms with Gasteiger partial charge in [0.05, 0.1) is 13.1 Å². The van der Waals surface area contributed by atoms with E-state index in [1.54, 1.807) is 0 Å². The molecule has 1 N–H and O–H groups in total. The zero-order valence-corrected chi connectivity index (χ0v) is 11.8. The van der Waals surface area contributed by atoms with Gasteiger partial charge in [0, 0.05) is 13.1 Å². The molecule has 2 rings (SSSR count). The first-order valence-electron chi connectivity index (χ1n) is 7.25. The summed E-state index contributed by atoms with van der Waals surface area (Å²) in [5, 5.41) is 2.96. The molecule has 1 aliphatic heterocycles. The lowest BCUT2D eigenvalue weighted by atomic mass is 9.90. The van der Waals surface area contributed by atoms with Gasteiger partial charge in [0.2, 0.25) is 5.91 Å². The topological polar surface area (TPSA) is 32.3 Å². The quantitative estimate of drug-likeness (QED) is 0.652. The molecule has 1 aromatic rings. The van der Waals surface area contributed by atoms with E-state index in [9.17, 15) is 4.79 Å². The molecule has 1 heterocycles. The van der Waals surface area contributed by atoms with E-state index < -0.39 is 0 Å². The summed E-state index contributed by atoms with van der Waals surface area (Å²) in [5.74, 6) is 3.34. The lowest BCUT2D eigenvalue weighted by Gasteiger charge is -2.32. The van der Waals surface area contributed by atoms with E-state index in [-0.39, 0.29) is 5.91 Å². The molecule has 0 spiro atoms. The molecular formula is C17H22N2O. The van der Waals surface area contributed by atoms with Crippen molar-refractivity contribution >= 4 is 5.91 Å². The Labute approximate surface area is 121 Å². The van der Waals surface area contributed by atoms with Crippen LogP contribution in [0.15, 0.2) is 30.3 Å². The maximum atomic E-state index is 11.9. The number of hydrogen-bond donors (Lipinski definition) is 1. The Hall–Kier alpha value is -1.79. The Morgan fingerprint density at radius 1 is 1.30 bits per heavy atom. The molecule has 3 nitrogen and oxygen atoms in total. The van der Waals surface area contributed by atoms with Gasteiger partial charge in [-0.3, -0.25) is 10.1 Å². The van der Waals surface area contributed by atoms with Crippen molar-refractivity contribution in [2.24, 2.45) is 5.92 Å². The molecule has 1 aliphatic rings. The second-order valence-corrected chi connectivity index (χ2v) is 5.32. The second kappa shape index (κ2) is 7.72. The Morgan fingerprint density at radius 2 is 2.00 bits per heavy atom. The normalized spacial score (nSPS) is 15.8. The highest BCUT2D eigenvalue weighted by molar-refractivity contribution is 5.78. The first-order chi connectivity index (χ1) is 9.79. The lowest BCUT2D eigenvalue weighted by molar-refractivity contribution is -0.131.